The Labute approximate surface area is 176 Å². The van der Waals surface area contributed by atoms with Gasteiger partial charge in [-0.15, -0.1) is 4.40 Å². The lowest BCUT2D eigenvalue weighted by molar-refractivity contribution is -0.144. The van der Waals surface area contributed by atoms with Crippen LogP contribution in [0.2, 0.25) is 0 Å². The number of nitriles is 1. The molecule has 9 heteroatoms. The molecule has 0 spiro atoms. The maximum absolute atomic E-state index is 12.6. The molecule has 0 aromatic heterocycles. The molecule has 1 N–H and O–H groups in total. The van der Waals surface area contributed by atoms with Gasteiger partial charge in [-0.05, 0) is 24.1 Å². The minimum Gasteiger partial charge on any atom is -0.464 e. The minimum atomic E-state index is -3.86. The fraction of sp³-hybridized carbons (Fsp3) is 0.286. The summed E-state index contributed by atoms with van der Waals surface area (Å²) in [4.78, 5) is 13.3. The summed E-state index contributed by atoms with van der Waals surface area (Å²) in [5.74, 6) is -0.617. The number of ether oxygens (including phenoxy) is 1. The van der Waals surface area contributed by atoms with Crippen LogP contribution in [0.1, 0.15) is 12.5 Å². The van der Waals surface area contributed by atoms with Gasteiger partial charge in [-0.2, -0.15) is 13.7 Å². The van der Waals surface area contributed by atoms with Crippen molar-refractivity contribution in [2.75, 3.05) is 20.7 Å². The summed E-state index contributed by atoms with van der Waals surface area (Å²) in [6.07, 6.45) is 1.25. The summed E-state index contributed by atoms with van der Waals surface area (Å²) in [7, 11) is -0.474. The molecule has 2 rings (SSSR count). The molecule has 0 radical (unpaired) electrons. The number of nitrogens with one attached hydrogen (secondary N) is 1. The number of esters is 1. The van der Waals surface area contributed by atoms with Gasteiger partial charge in [-0.3, -0.25) is 5.32 Å². The molecule has 1 unspecified atom stereocenters. The highest BCUT2D eigenvalue weighted by Crippen LogP contribution is 2.28. The van der Waals surface area contributed by atoms with Gasteiger partial charge < -0.3 is 9.64 Å². The number of carbonyl (C=O) groups excluding carboxylic acids is 1. The van der Waals surface area contributed by atoms with E-state index in [1.807, 2.05) is 6.07 Å². The second-order valence-electron chi connectivity index (χ2n) is 6.55. The molecule has 0 aliphatic heterocycles. The van der Waals surface area contributed by atoms with Crippen LogP contribution >= 0.6 is 0 Å². The van der Waals surface area contributed by atoms with Gasteiger partial charge in [-0.1, -0.05) is 42.5 Å². The smallest absolute Gasteiger partial charge is 0.337 e. The van der Waals surface area contributed by atoms with E-state index in [9.17, 15) is 13.2 Å². The second kappa shape index (κ2) is 10.5. The first-order valence-electron chi connectivity index (χ1n) is 9.23. The molecular formula is C21H24N4O4S. The molecular weight excluding hydrogens is 404 g/mol. The van der Waals surface area contributed by atoms with Crippen molar-refractivity contribution in [3.63, 3.8) is 0 Å². The monoisotopic (exact) mass is 428 g/mol. The van der Waals surface area contributed by atoms with Crippen molar-refractivity contribution < 1.29 is 17.9 Å². The molecule has 30 heavy (non-hydrogen) atoms. The van der Waals surface area contributed by atoms with Crippen molar-refractivity contribution in [2.24, 2.45) is 4.40 Å². The lowest BCUT2D eigenvalue weighted by atomic mass is 10.0. The third kappa shape index (κ3) is 6.14. The first-order valence-corrected chi connectivity index (χ1v) is 10.7. The van der Waals surface area contributed by atoms with Crippen molar-refractivity contribution in [1.82, 2.24) is 10.2 Å². The van der Waals surface area contributed by atoms with Crippen LogP contribution in [0, 0.1) is 11.3 Å². The average molecular weight is 429 g/mol. The summed E-state index contributed by atoms with van der Waals surface area (Å²) in [5, 5.41) is 11.9. The van der Waals surface area contributed by atoms with E-state index in [0.29, 0.717) is 11.1 Å². The predicted octanol–water partition coefficient (Wildman–Crippen LogP) is 2.18. The molecule has 0 heterocycles. The Morgan fingerprint density at radius 2 is 1.90 bits per heavy atom. The molecule has 1 atom stereocenters. The number of hydrogen-bond donors (Lipinski definition) is 1. The van der Waals surface area contributed by atoms with Gasteiger partial charge in [0, 0.05) is 26.2 Å². The third-order valence-corrected chi connectivity index (χ3v) is 5.29. The fourth-order valence-electron chi connectivity index (χ4n) is 2.57. The quantitative estimate of drug-likeness (QED) is 0.370. The summed E-state index contributed by atoms with van der Waals surface area (Å²) in [6, 6.07) is 14.6. The molecule has 0 amide bonds. The van der Waals surface area contributed by atoms with Crippen LogP contribution in [0.3, 0.4) is 0 Å². The van der Waals surface area contributed by atoms with Gasteiger partial charge in [0.15, 0.2) is 6.04 Å². The van der Waals surface area contributed by atoms with Crippen molar-refractivity contribution in [1.29, 1.82) is 5.26 Å². The van der Waals surface area contributed by atoms with Gasteiger partial charge in [-0.25, -0.2) is 4.79 Å². The zero-order valence-electron chi connectivity index (χ0n) is 17.1. The molecule has 0 aliphatic carbocycles. The zero-order valence-corrected chi connectivity index (χ0v) is 17.9. The number of carbonyl (C=O) groups is 1. The lowest BCUT2D eigenvalue weighted by Crippen LogP contribution is -2.36. The molecule has 0 aliphatic rings. The van der Waals surface area contributed by atoms with Crippen molar-refractivity contribution in [3.8, 4) is 17.2 Å². The maximum atomic E-state index is 12.6. The molecule has 0 bridgehead atoms. The van der Waals surface area contributed by atoms with Crippen LogP contribution in [0.15, 0.2) is 57.8 Å². The number of hydrogen-bond acceptors (Lipinski definition) is 6. The van der Waals surface area contributed by atoms with E-state index in [2.05, 4.69) is 9.71 Å². The third-order valence-electron chi connectivity index (χ3n) is 4.01. The summed E-state index contributed by atoms with van der Waals surface area (Å²) in [6.45, 7) is 2.16. The fourth-order valence-corrected chi connectivity index (χ4v) is 3.71. The summed E-state index contributed by atoms with van der Waals surface area (Å²) in [5.41, 5.74) is 2.07. The zero-order chi connectivity index (χ0) is 22.1. The number of benzene rings is 2. The Hall–Kier alpha value is -3.22. The van der Waals surface area contributed by atoms with Crippen molar-refractivity contribution >= 4 is 22.3 Å². The second-order valence-corrected chi connectivity index (χ2v) is 8.15. The van der Waals surface area contributed by atoms with Crippen LogP contribution in [0.25, 0.3) is 11.1 Å². The maximum Gasteiger partial charge on any atom is 0.337 e. The Bertz CT molecular complexity index is 1040. The molecule has 0 fully saturated rings. The van der Waals surface area contributed by atoms with Crippen molar-refractivity contribution in [2.45, 2.75) is 24.4 Å². The molecule has 0 saturated heterocycles. The van der Waals surface area contributed by atoms with E-state index in [-0.39, 0.29) is 18.0 Å². The van der Waals surface area contributed by atoms with Gasteiger partial charge in [0.05, 0.1) is 17.6 Å². The van der Waals surface area contributed by atoms with Crippen LogP contribution in [0.4, 0.5) is 0 Å². The molecule has 2 aromatic carbocycles. The van der Waals surface area contributed by atoms with Crippen LogP contribution < -0.4 is 5.32 Å². The van der Waals surface area contributed by atoms with E-state index in [1.165, 1.54) is 12.4 Å². The number of rotatable bonds is 9. The molecule has 158 valence electrons. The Kier molecular flexibility index (Phi) is 8.09. The van der Waals surface area contributed by atoms with E-state index < -0.39 is 22.0 Å². The summed E-state index contributed by atoms with van der Waals surface area (Å²) < 4.78 is 33.8. The van der Waals surface area contributed by atoms with Gasteiger partial charge in [0.1, 0.15) is 6.34 Å². The molecule has 8 nitrogen and oxygen atoms in total. The van der Waals surface area contributed by atoms with E-state index >= 15 is 0 Å². The predicted molar refractivity (Wildman–Crippen MR) is 114 cm³/mol. The highest BCUT2D eigenvalue weighted by atomic mass is 32.2. The van der Waals surface area contributed by atoms with Crippen LogP contribution in [-0.4, -0.2) is 52.4 Å². The van der Waals surface area contributed by atoms with Gasteiger partial charge in [0.25, 0.3) is 10.0 Å². The molecule has 0 saturated carbocycles. The van der Waals surface area contributed by atoms with Crippen molar-refractivity contribution in [3.05, 3.63) is 54.1 Å². The Morgan fingerprint density at radius 1 is 1.23 bits per heavy atom. The SMILES string of the molecule is CCOC(=O)C(C#N)NCc1ccc(-c2ccccc2S(=O)(=O)N=CN(C)C)cc1. The van der Waals surface area contributed by atoms with Crippen LogP contribution in [-0.2, 0) is 26.1 Å². The highest BCUT2D eigenvalue weighted by molar-refractivity contribution is 7.90. The number of sulfonamides is 1. The van der Waals surface area contributed by atoms with E-state index in [1.54, 1.807) is 68.4 Å². The normalized spacial score (nSPS) is 12.3. The number of nitrogens with zero attached hydrogens (tertiary/aromatic N) is 3. The topological polar surface area (TPSA) is 112 Å². The standard InChI is InChI=1S/C21H24N4O4S/c1-4-29-21(26)19(13-22)23-14-16-9-11-17(12-10-16)18-7-5-6-8-20(18)30(27,28)24-15-25(2)3/h5-12,15,19,23H,4,14H2,1-3H3. The average Bonchev–Trinajstić information content (AvgIpc) is 2.73. The first kappa shape index (κ1) is 23.1. The van der Waals surface area contributed by atoms with Gasteiger partial charge >= 0.3 is 5.97 Å². The Morgan fingerprint density at radius 3 is 2.50 bits per heavy atom. The lowest BCUT2D eigenvalue weighted by Gasteiger charge is -2.12. The summed E-state index contributed by atoms with van der Waals surface area (Å²) >= 11 is 0. The van der Waals surface area contributed by atoms with E-state index in [4.69, 9.17) is 10.00 Å². The van der Waals surface area contributed by atoms with E-state index in [0.717, 1.165) is 5.56 Å². The van der Waals surface area contributed by atoms with Gasteiger partial charge in [0.2, 0.25) is 0 Å². The minimum absolute atomic E-state index is 0.112. The van der Waals surface area contributed by atoms with Crippen LogP contribution in [0.5, 0.6) is 0 Å². The highest BCUT2D eigenvalue weighted by Gasteiger charge is 2.19. The molecule has 2 aromatic rings. The first-order chi connectivity index (χ1) is 14.3. The largest absolute Gasteiger partial charge is 0.464 e. The Balaban J connectivity index is 2.22.